The average Bonchev–Trinajstić information content (AvgIpc) is 2.67. The number of hydrogen-bond donors (Lipinski definition) is 1. The number of carbonyl (C=O) groups excluding carboxylic acids is 1. The highest BCUT2D eigenvalue weighted by Crippen LogP contribution is 2.04. The fraction of sp³-hybridized carbons (Fsp3) is 0.250. The van der Waals surface area contributed by atoms with Crippen LogP contribution in [-0.4, -0.2) is 20.7 Å². The maximum atomic E-state index is 11.8. The van der Waals surface area contributed by atoms with Gasteiger partial charge >= 0.3 is 0 Å². The summed E-state index contributed by atoms with van der Waals surface area (Å²) in [7, 11) is 1.79. The third-order valence-electron chi connectivity index (χ3n) is 2.38. The molecule has 1 N–H and O–H groups in total. The van der Waals surface area contributed by atoms with E-state index >= 15 is 0 Å². The number of nitrogens with one attached hydrogen (secondary N) is 1. The van der Waals surface area contributed by atoms with Crippen LogP contribution in [-0.2, 0) is 13.6 Å². The number of amides is 1. The van der Waals surface area contributed by atoms with Crippen LogP contribution in [0.1, 0.15) is 21.7 Å². The molecule has 0 aliphatic heterocycles. The molecule has 5 heteroatoms. The molecule has 0 fully saturated rings. The molecule has 0 aliphatic rings. The molecule has 17 heavy (non-hydrogen) atoms. The van der Waals surface area contributed by atoms with E-state index in [9.17, 15) is 4.79 Å². The van der Waals surface area contributed by atoms with Crippen molar-refractivity contribution >= 4 is 5.91 Å². The van der Waals surface area contributed by atoms with Crippen molar-refractivity contribution in [3.05, 3.63) is 47.5 Å². The summed E-state index contributed by atoms with van der Waals surface area (Å²) in [5, 5.41) is 6.90. The monoisotopic (exact) mass is 230 g/mol. The van der Waals surface area contributed by atoms with Gasteiger partial charge in [0.1, 0.15) is 0 Å². The second-order valence-corrected chi connectivity index (χ2v) is 3.84. The van der Waals surface area contributed by atoms with Crippen LogP contribution in [0.5, 0.6) is 0 Å². The summed E-state index contributed by atoms with van der Waals surface area (Å²) < 4.78 is 1.63. The van der Waals surface area contributed by atoms with Crippen molar-refractivity contribution in [1.29, 1.82) is 0 Å². The zero-order chi connectivity index (χ0) is 12.3. The number of pyridine rings is 1. The van der Waals surface area contributed by atoms with E-state index in [1.165, 1.54) is 0 Å². The molecular formula is C12H14N4O. The van der Waals surface area contributed by atoms with Crippen LogP contribution in [0.2, 0.25) is 0 Å². The Morgan fingerprint density at radius 3 is 2.88 bits per heavy atom. The van der Waals surface area contributed by atoms with E-state index in [4.69, 9.17) is 0 Å². The summed E-state index contributed by atoms with van der Waals surface area (Å²) in [5.41, 5.74) is 2.16. The predicted octanol–water partition coefficient (Wildman–Crippen LogP) is 1.05. The fourth-order valence-electron chi connectivity index (χ4n) is 1.59. The third-order valence-corrected chi connectivity index (χ3v) is 2.38. The number of aryl methyl sites for hydroxylation is 2. The lowest BCUT2D eigenvalue weighted by Crippen LogP contribution is -2.24. The first kappa shape index (κ1) is 11.3. The summed E-state index contributed by atoms with van der Waals surface area (Å²) in [4.78, 5) is 16.0. The molecule has 5 nitrogen and oxygen atoms in total. The van der Waals surface area contributed by atoms with E-state index in [2.05, 4.69) is 15.4 Å². The van der Waals surface area contributed by atoms with Gasteiger partial charge in [0.05, 0.1) is 12.2 Å². The highest BCUT2D eigenvalue weighted by molar-refractivity contribution is 5.93. The van der Waals surface area contributed by atoms with E-state index in [0.29, 0.717) is 12.2 Å². The van der Waals surface area contributed by atoms with Gasteiger partial charge in [-0.3, -0.25) is 14.5 Å². The molecule has 2 aromatic heterocycles. The van der Waals surface area contributed by atoms with Gasteiger partial charge in [-0.25, -0.2) is 0 Å². The van der Waals surface area contributed by atoms with Gasteiger partial charge in [-0.2, -0.15) is 5.10 Å². The number of nitrogens with zero attached hydrogens (tertiary/aromatic N) is 3. The quantitative estimate of drug-likeness (QED) is 0.857. The van der Waals surface area contributed by atoms with Gasteiger partial charge in [0.2, 0.25) is 0 Å². The van der Waals surface area contributed by atoms with Crippen LogP contribution in [0.4, 0.5) is 0 Å². The van der Waals surface area contributed by atoms with Crippen LogP contribution >= 0.6 is 0 Å². The Balaban J connectivity index is 2.01. The van der Waals surface area contributed by atoms with Gasteiger partial charge in [0, 0.05) is 25.0 Å². The SMILES string of the molecule is Cc1cn(C)nc1C(=O)NCc1ccccn1. The molecule has 2 heterocycles. The van der Waals surface area contributed by atoms with Gasteiger partial charge in [0.25, 0.3) is 5.91 Å². The van der Waals surface area contributed by atoms with Crippen molar-refractivity contribution in [2.24, 2.45) is 7.05 Å². The summed E-state index contributed by atoms with van der Waals surface area (Å²) >= 11 is 0. The Kier molecular flexibility index (Phi) is 3.18. The molecule has 0 radical (unpaired) electrons. The lowest BCUT2D eigenvalue weighted by Gasteiger charge is -2.02. The van der Waals surface area contributed by atoms with Gasteiger partial charge in [-0.05, 0) is 19.1 Å². The van der Waals surface area contributed by atoms with Gasteiger partial charge < -0.3 is 5.32 Å². The van der Waals surface area contributed by atoms with Crippen molar-refractivity contribution in [2.45, 2.75) is 13.5 Å². The highest BCUT2D eigenvalue weighted by atomic mass is 16.1. The smallest absolute Gasteiger partial charge is 0.272 e. The summed E-state index contributed by atoms with van der Waals surface area (Å²) in [6.07, 6.45) is 3.52. The minimum Gasteiger partial charge on any atom is -0.345 e. The molecule has 0 spiro atoms. The van der Waals surface area contributed by atoms with E-state index in [1.807, 2.05) is 31.3 Å². The molecule has 0 aromatic carbocycles. The Bertz CT molecular complexity index is 519. The standard InChI is InChI=1S/C12H14N4O/c1-9-8-16(2)15-11(9)12(17)14-7-10-5-3-4-6-13-10/h3-6,8H,7H2,1-2H3,(H,14,17). The Labute approximate surface area is 99.5 Å². The van der Waals surface area contributed by atoms with Crippen molar-refractivity contribution in [3.63, 3.8) is 0 Å². The average molecular weight is 230 g/mol. The van der Waals surface area contributed by atoms with Crippen LogP contribution in [0, 0.1) is 6.92 Å². The Morgan fingerprint density at radius 2 is 2.29 bits per heavy atom. The van der Waals surface area contributed by atoms with Gasteiger partial charge in [0.15, 0.2) is 5.69 Å². The van der Waals surface area contributed by atoms with Gasteiger partial charge in [-0.15, -0.1) is 0 Å². The molecule has 0 aliphatic carbocycles. The van der Waals surface area contributed by atoms with Crippen molar-refractivity contribution in [1.82, 2.24) is 20.1 Å². The summed E-state index contributed by atoms with van der Waals surface area (Å²) in [5.74, 6) is -0.172. The first-order chi connectivity index (χ1) is 8.16. The number of rotatable bonds is 3. The molecule has 0 bridgehead atoms. The Hall–Kier alpha value is -2.17. The zero-order valence-electron chi connectivity index (χ0n) is 9.84. The van der Waals surface area contributed by atoms with Gasteiger partial charge in [-0.1, -0.05) is 6.07 Å². The minimum atomic E-state index is -0.172. The number of aromatic nitrogens is 3. The molecule has 0 saturated heterocycles. The molecule has 0 saturated carbocycles. The second kappa shape index (κ2) is 4.78. The third kappa shape index (κ3) is 2.69. The molecule has 88 valence electrons. The van der Waals surface area contributed by atoms with Crippen LogP contribution in [0.25, 0.3) is 0 Å². The first-order valence-corrected chi connectivity index (χ1v) is 5.35. The highest BCUT2D eigenvalue weighted by Gasteiger charge is 2.12. The van der Waals surface area contributed by atoms with Crippen LogP contribution in [0.15, 0.2) is 30.6 Å². The van der Waals surface area contributed by atoms with Crippen LogP contribution in [0.3, 0.4) is 0 Å². The number of hydrogen-bond acceptors (Lipinski definition) is 3. The van der Waals surface area contributed by atoms with E-state index in [0.717, 1.165) is 11.3 Å². The molecule has 2 rings (SSSR count). The lowest BCUT2D eigenvalue weighted by molar-refractivity contribution is 0.0944. The molecular weight excluding hydrogens is 216 g/mol. The van der Waals surface area contributed by atoms with E-state index in [-0.39, 0.29) is 5.91 Å². The van der Waals surface area contributed by atoms with Crippen LogP contribution < -0.4 is 5.32 Å². The normalized spacial score (nSPS) is 10.2. The predicted molar refractivity (Wildman–Crippen MR) is 63.4 cm³/mol. The van der Waals surface area contributed by atoms with Crippen molar-refractivity contribution in [3.8, 4) is 0 Å². The fourth-order valence-corrected chi connectivity index (χ4v) is 1.59. The van der Waals surface area contributed by atoms with Crippen molar-refractivity contribution in [2.75, 3.05) is 0 Å². The minimum absolute atomic E-state index is 0.172. The molecule has 2 aromatic rings. The Morgan fingerprint density at radius 1 is 1.47 bits per heavy atom. The lowest BCUT2D eigenvalue weighted by atomic mass is 10.2. The molecule has 1 amide bonds. The van der Waals surface area contributed by atoms with E-state index < -0.39 is 0 Å². The second-order valence-electron chi connectivity index (χ2n) is 3.84. The summed E-state index contributed by atoms with van der Waals surface area (Å²) in [6, 6.07) is 5.60. The maximum Gasteiger partial charge on any atom is 0.272 e. The molecule has 0 unspecified atom stereocenters. The van der Waals surface area contributed by atoms with E-state index in [1.54, 1.807) is 17.9 Å². The summed E-state index contributed by atoms with van der Waals surface area (Å²) in [6.45, 7) is 2.28. The largest absolute Gasteiger partial charge is 0.345 e. The topological polar surface area (TPSA) is 59.8 Å². The maximum absolute atomic E-state index is 11.8. The first-order valence-electron chi connectivity index (χ1n) is 5.35. The molecule has 0 atom stereocenters. The van der Waals surface area contributed by atoms with Crippen molar-refractivity contribution < 1.29 is 4.79 Å². The number of carbonyl (C=O) groups is 1. The zero-order valence-corrected chi connectivity index (χ0v) is 9.84.